The molecule has 8 rings (SSSR count). The van der Waals surface area contributed by atoms with Crippen LogP contribution in [-0.4, -0.2) is 48.9 Å². The van der Waals surface area contributed by atoms with Crippen molar-refractivity contribution < 1.29 is 36.6 Å². The summed E-state index contributed by atoms with van der Waals surface area (Å²) in [5.74, 6) is -2.89. The first kappa shape index (κ1) is 25.7. The second-order valence-corrected chi connectivity index (χ2v) is 12.8. The highest BCUT2D eigenvalue weighted by molar-refractivity contribution is 7.31. The van der Waals surface area contributed by atoms with Crippen LogP contribution in [0, 0.1) is 0 Å². The van der Waals surface area contributed by atoms with Gasteiger partial charge in [-0.1, -0.05) is 60.7 Å². The minimum atomic E-state index is -1.98. The highest BCUT2D eigenvalue weighted by Gasteiger charge is 2.64. The van der Waals surface area contributed by atoms with E-state index in [9.17, 15) is 0 Å². The highest BCUT2D eigenvalue weighted by atomic mass is 31.1. The van der Waals surface area contributed by atoms with Crippen LogP contribution in [-0.2, 0) is 23.7 Å². The van der Waals surface area contributed by atoms with E-state index in [0.29, 0.717) is 11.2 Å². The standard InChI is InChI=1S/C32H31O8P/c1-30(2)34-18-32(40-30)29(28-25(17-33-32)35-31(3,4)36-28)39-41-37-23-15-13-19-9-5-7-11-21(19)26(23)27-22-12-8-6-10-20(22)14-16-24(27)38-41/h5-16,25,28-29H,17-18H2,1-4H3/t25-,28-,29-,32+/m1/s1. The van der Waals surface area contributed by atoms with Gasteiger partial charge in [0, 0.05) is 10.8 Å². The molecule has 3 aliphatic heterocycles. The Morgan fingerprint density at radius 2 is 1.32 bits per heavy atom. The van der Waals surface area contributed by atoms with Crippen LogP contribution in [0.1, 0.15) is 27.7 Å². The first-order valence-electron chi connectivity index (χ1n) is 13.9. The van der Waals surface area contributed by atoms with Crippen molar-refractivity contribution in [3.63, 3.8) is 0 Å². The Bertz CT molecular complexity index is 1760. The van der Waals surface area contributed by atoms with Crippen molar-refractivity contribution in [3.05, 3.63) is 72.8 Å². The summed E-state index contributed by atoms with van der Waals surface area (Å²) < 4.78 is 51.3. The van der Waals surface area contributed by atoms with Crippen molar-refractivity contribution in [2.45, 2.75) is 63.4 Å². The van der Waals surface area contributed by atoms with Crippen LogP contribution in [0.2, 0.25) is 0 Å². The number of hydrogen-bond donors (Lipinski definition) is 0. The third kappa shape index (κ3) is 4.21. The summed E-state index contributed by atoms with van der Waals surface area (Å²) in [5, 5.41) is 6.31. The van der Waals surface area contributed by atoms with Gasteiger partial charge in [-0.3, -0.25) is 4.52 Å². The van der Waals surface area contributed by atoms with E-state index in [1.807, 2.05) is 64.1 Å². The second kappa shape index (κ2) is 9.03. The zero-order valence-electron chi connectivity index (χ0n) is 23.3. The molecule has 4 atom stereocenters. The van der Waals surface area contributed by atoms with Gasteiger partial charge in [-0.25, -0.2) is 0 Å². The molecule has 4 aromatic carbocycles. The molecule has 0 N–H and O–H groups in total. The first-order valence-corrected chi connectivity index (χ1v) is 15.0. The predicted molar refractivity (Wildman–Crippen MR) is 155 cm³/mol. The van der Waals surface area contributed by atoms with Crippen LogP contribution in [0.4, 0.5) is 0 Å². The van der Waals surface area contributed by atoms with Gasteiger partial charge in [0.05, 0.1) is 6.61 Å². The largest absolute Gasteiger partial charge is 0.399 e. The Hall–Kier alpha value is -2.94. The topological polar surface area (TPSA) is 81.7 Å². The fourth-order valence-electron chi connectivity index (χ4n) is 6.39. The lowest BCUT2D eigenvalue weighted by atomic mass is 9.97. The molecule has 0 bridgehead atoms. The summed E-state index contributed by atoms with van der Waals surface area (Å²) >= 11 is 0. The molecular weight excluding hydrogens is 543 g/mol. The van der Waals surface area contributed by atoms with Crippen LogP contribution >= 0.6 is 8.24 Å². The van der Waals surface area contributed by atoms with Crippen LogP contribution in [0.3, 0.4) is 0 Å². The van der Waals surface area contributed by atoms with E-state index >= 15 is 0 Å². The molecule has 0 amide bonds. The molecule has 3 fully saturated rings. The van der Waals surface area contributed by atoms with E-state index in [4.69, 9.17) is 36.6 Å². The van der Waals surface area contributed by atoms with E-state index in [-0.39, 0.29) is 19.3 Å². The quantitative estimate of drug-likeness (QED) is 0.215. The van der Waals surface area contributed by atoms with Crippen molar-refractivity contribution >= 4 is 51.7 Å². The van der Waals surface area contributed by atoms with Gasteiger partial charge in [0.25, 0.3) is 0 Å². The lowest BCUT2D eigenvalue weighted by Gasteiger charge is -2.42. The molecule has 1 aromatic heterocycles. The molecule has 3 saturated heterocycles. The average molecular weight is 575 g/mol. The maximum Gasteiger partial charge on any atom is 0.387 e. The fraction of sp³-hybridized carbons (Fsp3) is 0.375. The Morgan fingerprint density at radius 1 is 0.707 bits per heavy atom. The monoisotopic (exact) mass is 574 g/mol. The van der Waals surface area contributed by atoms with Crippen LogP contribution in [0.15, 0.2) is 81.2 Å². The summed E-state index contributed by atoms with van der Waals surface area (Å²) in [4.78, 5) is 0. The Balaban J connectivity index is 1.36. The lowest BCUT2D eigenvalue weighted by Crippen LogP contribution is -2.63. The van der Waals surface area contributed by atoms with Crippen molar-refractivity contribution in [2.24, 2.45) is 0 Å². The lowest BCUT2D eigenvalue weighted by molar-refractivity contribution is -0.316. The highest BCUT2D eigenvalue weighted by Crippen LogP contribution is 2.48. The van der Waals surface area contributed by atoms with Gasteiger partial charge < -0.3 is 32.1 Å². The Labute approximate surface area is 237 Å². The van der Waals surface area contributed by atoms with Crippen LogP contribution in [0.25, 0.3) is 43.5 Å². The molecule has 0 aliphatic carbocycles. The molecule has 212 valence electrons. The minimum Gasteiger partial charge on any atom is -0.399 e. The molecule has 8 nitrogen and oxygen atoms in total. The van der Waals surface area contributed by atoms with E-state index < -0.39 is 37.8 Å². The maximum atomic E-state index is 6.77. The summed E-state index contributed by atoms with van der Waals surface area (Å²) in [7, 11) is -1.98. The molecule has 0 unspecified atom stereocenters. The van der Waals surface area contributed by atoms with Crippen molar-refractivity contribution in [2.75, 3.05) is 13.2 Å². The fourth-order valence-corrected chi connectivity index (χ4v) is 7.61. The molecule has 3 aliphatic rings. The number of benzene rings is 4. The number of ether oxygens (including phenoxy) is 5. The van der Waals surface area contributed by atoms with E-state index in [0.717, 1.165) is 32.3 Å². The Morgan fingerprint density at radius 3 is 1.90 bits per heavy atom. The third-order valence-corrected chi connectivity index (χ3v) is 9.15. The van der Waals surface area contributed by atoms with Crippen LogP contribution in [0.5, 0.6) is 0 Å². The molecule has 0 saturated carbocycles. The molecular formula is C32H31O8P. The van der Waals surface area contributed by atoms with Crippen LogP contribution < -0.4 is 4.52 Å². The zero-order chi connectivity index (χ0) is 28.0. The molecule has 41 heavy (non-hydrogen) atoms. The minimum absolute atomic E-state index is 0.170. The zero-order valence-corrected chi connectivity index (χ0v) is 24.2. The van der Waals surface area contributed by atoms with Gasteiger partial charge >= 0.3 is 8.24 Å². The van der Waals surface area contributed by atoms with Crippen molar-refractivity contribution in [1.82, 2.24) is 0 Å². The number of fused-ring (bicyclic) bond motifs is 8. The van der Waals surface area contributed by atoms with Gasteiger partial charge in [-0.15, -0.1) is 0 Å². The Kier molecular flexibility index (Phi) is 5.67. The second-order valence-electron chi connectivity index (χ2n) is 11.8. The SMILES string of the molecule is CC1(C)O[C@H]2[C@@H](Op3oc4ccc5ccccc5c4c4c(ccc5ccccc54)o3)[C@@]3(COC(C)(C)O3)OC[C@H]2O1. The van der Waals surface area contributed by atoms with Gasteiger partial charge in [-0.2, -0.15) is 0 Å². The summed E-state index contributed by atoms with van der Waals surface area (Å²) in [6.07, 6.45) is -1.58. The molecule has 9 heteroatoms. The smallest absolute Gasteiger partial charge is 0.387 e. The number of hydrogen-bond acceptors (Lipinski definition) is 8. The predicted octanol–water partition coefficient (Wildman–Crippen LogP) is 7.42. The van der Waals surface area contributed by atoms with Gasteiger partial charge in [-0.05, 0) is 61.4 Å². The summed E-state index contributed by atoms with van der Waals surface area (Å²) in [6.45, 7) is 7.95. The molecule has 4 heterocycles. The first-order chi connectivity index (χ1) is 19.7. The normalized spacial score (nSPS) is 28.6. The molecule has 0 radical (unpaired) electrons. The third-order valence-electron chi connectivity index (χ3n) is 8.06. The average Bonchev–Trinajstić information content (AvgIpc) is 3.37. The molecule has 1 spiro atoms. The van der Waals surface area contributed by atoms with Crippen molar-refractivity contribution in [3.8, 4) is 0 Å². The summed E-state index contributed by atoms with van der Waals surface area (Å²) in [5.41, 5.74) is 1.36. The number of rotatable bonds is 2. The van der Waals surface area contributed by atoms with Gasteiger partial charge in [0.1, 0.15) is 30.0 Å². The van der Waals surface area contributed by atoms with E-state index in [2.05, 4.69) is 36.4 Å². The van der Waals surface area contributed by atoms with Gasteiger partial charge in [0.2, 0.25) is 5.79 Å². The van der Waals surface area contributed by atoms with E-state index in [1.54, 1.807) is 0 Å². The van der Waals surface area contributed by atoms with Crippen molar-refractivity contribution in [1.29, 1.82) is 0 Å². The molecule has 5 aromatic rings. The van der Waals surface area contributed by atoms with Gasteiger partial charge in [0.15, 0.2) is 17.7 Å². The maximum absolute atomic E-state index is 6.77. The summed E-state index contributed by atoms with van der Waals surface area (Å²) in [6, 6.07) is 24.7. The van der Waals surface area contributed by atoms with E-state index in [1.165, 1.54) is 0 Å².